The fourth-order valence-electron chi connectivity index (χ4n) is 1.55. The zero-order valence-electron chi connectivity index (χ0n) is 9.31. The van der Waals surface area contributed by atoms with E-state index in [9.17, 15) is 4.79 Å². The van der Waals surface area contributed by atoms with Crippen LogP contribution in [-0.2, 0) is 13.6 Å². The normalized spacial score (nSPS) is 11.2. The van der Waals surface area contributed by atoms with Crippen molar-refractivity contribution in [1.82, 2.24) is 34.4 Å². The molecule has 18 heavy (non-hydrogen) atoms. The number of rotatable bonds is 2. The first-order valence-electron chi connectivity index (χ1n) is 4.99. The summed E-state index contributed by atoms with van der Waals surface area (Å²) in [6.45, 7) is 0.152. The van der Waals surface area contributed by atoms with Crippen molar-refractivity contribution >= 4 is 27.6 Å². The molecular weight excluding hydrogens is 256 g/mol. The molecule has 0 aliphatic rings. The van der Waals surface area contributed by atoms with Gasteiger partial charge in [0.25, 0.3) is 5.56 Å². The summed E-state index contributed by atoms with van der Waals surface area (Å²) in [6.07, 6.45) is 1.46. The lowest BCUT2D eigenvalue weighted by Crippen LogP contribution is -2.25. The largest absolute Gasteiger partial charge is 0.388 e. The highest BCUT2D eigenvalue weighted by molar-refractivity contribution is 7.09. The smallest absolute Gasteiger partial charge is 0.281 e. The molecule has 0 unspecified atom stereocenters. The second-order valence-corrected chi connectivity index (χ2v) is 4.43. The molecule has 0 aromatic carbocycles. The van der Waals surface area contributed by atoms with Crippen LogP contribution in [0, 0.1) is 0 Å². The minimum absolute atomic E-state index is 0.152. The highest BCUT2D eigenvalue weighted by atomic mass is 32.1. The van der Waals surface area contributed by atoms with Gasteiger partial charge in [-0.1, -0.05) is 9.70 Å². The van der Waals surface area contributed by atoms with Crippen LogP contribution < -0.4 is 11.3 Å². The zero-order chi connectivity index (χ0) is 12.7. The monoisotopic (exact) mass is 264 g/mol. The number of nitrogens with zero attached hydrogens (tertiary/aromatic N) is 7. The van der Waals surface area contributed by atoms with Crippen LogP contribution in [0.4, 0.5) is 5.00 Å². The van der Waals surface area contributed by atoms with Crippen molar-refractivity contribution in [3.63, 3.8) is 0 Å². The molecule has 0 aliphatic carbocycles. The Balaban J connectivity index is 2.11. The van der Waals surface area contributed by atoms with E-state index in [2.05, 4.69) is 25.0 Å². The van der Waals surface area contributed by atoms with Gasteiger partial charge >= 0.3 is 0 Å². The summed E-state index contributed by atoms with van der Waals surface area (Å²) in [6, 6.07) is 0. The second-order valence-electron chi connectivity index (χ2n) is 3.64. The molecule has 10 heteroatoms. The van der Waals surface area contributed by atoms with Crippen LogP contribution in [-0.4, -0.2) is 34.4 Å². The predicted molar refractivity (Wildman–Crippen MR) is 64.0 cm³/mol. The van der Waals surface area contributed by atoms with Gasteiger partial charge in [0.1, 0.15) is 16.1 Å². The molecule has 0 saturated carbocycles. The Labute approximate surface area is 104 Å². The molecule has 3 heterocycles. The molecule has 0 saturated heterocycles. The minimum Gasteiger partial charge on any atom is -0.388 e. The van der Waals surface area contributed by atoms with Crippen LogP contribution in [0.2, 0.25) is 0 Å². The van der Waals surface area contributed by atoms with E-state index in [1.807, 2.05) is 0 Å². The van der Waals surface area contributed by atoms with Gasteiger partial charge in [0.15, 0.2) is 5.65 Å². The van der Waals surface area contributed by atoms with E-state index in [0.29, 0.717) is 21.7 Å². The maximum atomic E-state index is 12.1. The van der Waals surface area contributed by atoms with Gasteiger partial charge in [0.2, 0.25) is 0 Å². The van der Waals surface area contributed by atoms with Gasteiger partial charge in [-0.05, 0) is 0 Å². The van der Waals surface area contributed by atoms with E-state index in [1.165, 1.54) is 15.6 Å². The fourth-order valence-corrected chi connectivity index (χ4v) is 1.99. The number of fused-ring (bicyclic) bond motifs is 1. The number of aryl methyl sites for hydroxylation is 1. The van der Waals surface area contributed by atoms with E-state index in [1.54, 1.807) is 7.05 Å². The molecule has 0 amide bonds. The third-order valence-electron chi connectivity index (χ3n) is 2.50. The van der Waals surface area contributed by atoms with Crippen molar-refractivity contribution in [1.29, 1.82) is 0 Å². The lowest BCUT2D eigenvalue weighted by Gasteiger charge is -2.01. The average Bonchev–Trinajstić information content (AvgIpc) is 2.91. The zero-order valence-corrected chi connectivity index (χ0v) is 10.1. The molecule has 92 valence electrons. The molecule has 0 spiro atoms. The molecule has 0 bridgehead atoms. The van der Waals surface area contributed by atoms with Gasteiger partial charge < -0.3 is 5.73 Å². The predicted octanol–water partition coefficient (Wildman–Crippen LogP) is -0.993. The highest BCUT2D eigenvalue weighted by Crippen LogP contribution is 2.12. The van der Waals surface area contributed by atoms with Crippen LogP contribution >= 0.6 is 11.5 Å². The van der Waals surface area contributed by atoms with Crippen molar-refractivity contribution in [3.05, 3.63) is 22.2 Å². The summed E-state index contributed by atoms with van der Waals surface area (Å²) >= 11 is 1.07. The van der Waals surface area contributed by atoms with Crippen LogP contribution in [0.15, 0.2) is 11.0 Å². The summed E-state index contributed by atoms with van der Waals surface area (Å²) in [5.41, 5.74) is 6.35. The summed E-state index contributed by atoms with van der Waals surface area (Å²) in [4.78, 5) is 12.1. The number of anilines is 1. The summed E-state index contributed by atoms with van der Waals surface area (Å²) < 4.78 is 6.39. The average molecular weight is 264 g/mol. The maximum Gasteiger partial charge on any atom is 0.281 e. The van der Waals surface area contributed by atoms with Gasteiger partial charge in [0.05, 0.1) is 12.7 Å². The van der Waals surface area contributed by atoms with Gasteiger partial charge in [-0.15, -0.1) is 10.2 Å². The number of hydrogen-bond donors (Lipinski definition) is 1. The molecular formula is C8H8N8OS. The van der Waals surface area contributed by atoms with Crippen LogP contribution in [0.25, 0.3) is 11.0 Å². The van der Waals surface area contributed by atoms with Gasteiger partial charge in [-0.2, -0.15) is 5.10 Å². The van der Waals surface area contributed by atoms with Crippen molar-refractivity contribution < 1.29 is 0 Å². The first-order valence-corrected chi connectivity index (χ1v) is 5.76. The maximum absolute atomic E-state index is 12.1. The second kappa shape index (κ2) is 3.84. The lowest BCUT2D eigenvalue weighted by molar-refractivity contribution is 0.587. The van der Waals surface area contributed by atoms with Crippen molar-refractivity contribution in [2.24, 2.45) is 7.05 Å². The minimum atomic E-state index is -0.277. The van der Waals surface area contributed by atoms with E-state index >= 15 is 0 Å². The number of aromatic nitrogens is 7. The molecule has 0 atom stereocenters. The molecule has 2 N–H and O–H groups in total. The highest BCUT2D eigenvalue weighted by Gasteiger charge is 2.12. The Morgan fingerprint density at radius 2 is 2.28 bits per heavy atom. The Bertz CT molecular complexity index is 771. The molecule has 3 aromatic rings. The lowest BCUT2D eigenvalue weighted by atomic mass is 10.4. The SMILES string of the molecule is Cn1ncc2c(=O)n(Cc3nnsc3N)nnc21. The molecule has 0 fully saturated rings. The van der Waals surface area contributed by atoms with Crippen molar-refractivity contribution in [2.75, 3.05) is 5.73 Å². The Morgan fingerprint density at radius 1 is 1.44 bits per heavy atom. The van der Waals surface area contributed by atoms with Crippen LogP contribution in [0.3, 0.4) is 0 Å². The van der Waals surface area contributed by atoms with Crippen molar-refractivity contribution in [3.8, 4) is 0 Å². The Kier molecular flexibility index (Phi) is 2.30. The van der Waals surface area contributed by atoms with Crippen molar-refractivity contribution in [2.45, 2.75) is 6.54 Å². The topological polar surface area (TPSA) is 117 Å². The molecule has 0 radical (unpaired) electrons. The third kappa shape index (κ3) is 1.54. The quantitative estimate of drug-likeness (QED) is 0.631. The van der Waals surface area contributed by atoms with Gasteiger partial charge in [-0.3, -0.25) is 4.79 Å². The van der Waals surface area contributed by atoms with Gasteiger partial charge in [0, 0.05) is 18.6 Å². The van der Waals surface area contributed by atoms with Crippen LogP contribution in [0.5, 0.6) is 0 Å². The standard InChI is InChI=1S/C8H8N8OS/c1-15-7-4(2-10-15)8(17)16(13-12-7)3-5-6(9)18-14-11-5/h2H,3,9H2,1H3. The van der Waals surface area contributed by atoms with E-state index in [-0.39, 0.29) is 12.1 Å². The Hall–Kier alpha value is -2.36. The molecule has 3 aromatic heterocycles. The number of nitrogen functional groups attached to an aromatic ring is 1. The number of nitrogens with two attached hydrogens (primary N) is 1. The first kappa shape index (κ1) is 10.8. The summed E-state index contributed by atoms with van der Waals surface area (Å²) in [5.74, 6) is 0. The van der Waals surface area contributed by atoms with Crippen LogP contribution in [0.1, 0.15) is 5.69 Å². The fraction of sp³-hybridized carbons (Fsp3) is 0.250. The van der Waals surface area contributed by atoms with E-state index in [4.69, 9.17) is 5.73 Å². The number of hydrogen-bond acceptors (Lipinski definition) is 8. The van der Waals surface area contributed by atoms with E-state index in [0.717, 1.165) is 11.5 Å². The molecule has 0 aliphatic heterocycles. The third-order valence-corrected chi connectivity index (χ3v) is 3.10. The Morgan fingerprint density at radius 3 is 3.00 bits per heavy atom. The molecule has 9 nitrogen and oxygen atoms in total. The summed E-state index contributed by atoms with van der Waals surface area (Å²) in [7, 11) is 1.70. The summed E-state index contributed by atoms with van der Waals surface area (Å²) in [5, 5.41) is 16.4. The first-order chi connectivity index (χ1) is 8.66. The molecule has 3 rings (SSSR count). The van der Waals surface area contributed by atoms with Gasteiger partial charge in [-0.25, -0.2) is 9.36 Å². The van der Waals surface area contributed by atoms with E-state index < -0.39 is 0 Å².